The molecular weight excluding hydrogens is 304 g/mol. The zero-order valence-electron chi connectivity index (χ0n) is 13.4. The normalized spacial score (nSPS) is 18.0. The first-order valence-corrected chi connectivity index (χ1v) is 7.94. The zero-order chi connectivity index (χ0) is 16.5. The monoisotopic (exact) mass is 322 g/mol. The lowest BCUT2D eigenvalue weighted by molar-refractivity contribution is 0.0628. The molecule has 1 aromatic carbocycles. The maximum atomic E-state index is 13.0. The highest BCUT2D eigenvalue weighted by Crippen LogP contribution is 2.23. The summed E-state index contributed by atoms with van der Waals surface area (Å²) in [5, 5.41) is 7.56. The predicted molar refractivity (Wildman–Crippen MR) is 89.4 cm³/mol. The molecule has 4 rings (SSSR count). The fraction of sp³-hybridized carbons (Fsp3) is 0.294. The standard InChI is InChI=1S/C17H18N6O/c1-22-11-12(8-20-22)16-10-18-6-7-23(16)17(24)15-9-19-13-4-2-3-5-14(13)21-15/h2-5,8-9,11,16,18H,6-7,10H2,1H3. The summed E-state index contributed by atoms with van der Waals surface area (Å²) in [7, 11) is 1.88. The van der Waals surface area contributed by atoms with Gasteiger partial charge in [0, 0.05) is 38.4 Å². The van der Waals surface area contributed by atoms with Gasteiger partial charge >= 0.3 is 0 Å². The lowest BCUT2D eigenvalue weighted by Crippen LogP contribution is -2.48. The van der Waals surface area contributed by atoms with E-state index in [2.05, 4.69) is 20.4 Å². The second-order valence-corrected chi connectivity index (χ2v) is 5.91. The number of nitrogens with one attached hydrogen (secondary N) is 1. The average molecular weight is 322 g/mol. The molecule has 3 aromatic rings. The number of aromatic nitrogens is 4. The Bertz CT molecular complexity index is 889. The van der Waals surface area contributed by atoms with E-state index in [0.717, 1.165) is 23.1 Å². The van der Waals surface area contributed by atoms with Crippen molar-refractivity contribution < 1.29 is 4.79 Å². The Balaban J connectivity index is 1.67. The molecule has 0 saturated carbocycles. The van der Waals surface area contributed by atoms with Gasteiger partial charge in [-0.1, -0.05) is 12.1 Å². The smallest absolute Gasteiger partial charge is 0.274 e. The molecule has 1 aliphatic heterocycles. The van der Waals surface area contributed by atoms with Crippen LogP contribution < -0.4 is 5.32 Å². The number of amides is 1. The number of rotatable bonds is 2. The molecule has 1 N–H and O–H groups in total. The maximum Gasteiger partial charge on any atom is 0.274 e. The number of piperazine rings is 1. The Morgan fingerprint density at radius 2 is 2.08 bits per heavy atom. The minimum atomic E-state index is -0.0939. The topological polar surface area (TPSA) is 75.9 Å². The Labute approximate surface area is 139 Å². The number of fused-ring (bicyclic) bond motifs is 1. The van der Waals surface area contributed by atoms with E-state index in [1.54, 1.807) is 10.9 Å². The van der Waals surface area contributed by atoms with Gasteiger partial charge in [0.1, 0.15) is 5.69 Å². The van der Waals surface area contributed by atoms with Gasteiger partial charge < -0.3 is 10.2 Å². The van der Waals surface area contributed by atoms with Crippen molar-refractivity contribution in [3.8, 4) is 0 Å². The van der Waals surface area contributed by atoms with Gasteiger partial charge in [0.05, 0.1) is 29.5 Å². The molecule has 1 saturated heterocycles. The van der Waals surface area contributed by atoms with Crippen LogP contribution >= 0.6 is 0 Å². The largest absolute Gasteiger partial charge is 0.328 e. The van der Waals surface area contributed by atoms with E-state index in [4.69, 9.17) is 0 Å². The molecule has 0 aliphatic carbocycles. The SMILES string of the molecule is Cn1cc(C2CNCCN2C(=O)c2cnc3ccccc3n2)cn1. The third-order valence-corrected chi connectivity index (χ3v) is 4.28. The van der Waals surface area contributed by atoms with Crippen LogP contribution in [0.25, 0.3) is 11.0 Å². The molecule has 1 unspecified atom stereocenters. The molecule has 0 bridgehead atoms. The van der Waals surface area contributed by atoms with Gasteiger partial charge in [-0.15, -0.1) is 0 Å². The van der Waals surface area contributed by atoms with Crippen molar-refractivity contribution in [3.05, 3.63) is 54.1 Å². The van der Waals surface area contributed by atoms with Crippen molar-refractivity contribution in [1.82, 2.24) is 30.0 Å². The van der Waals surface area contributed by atoms with Crippen molar-refractivity contribution in [2.45, 2.75) is 6.04 Å². The number of nitrogens with zero attached hydrogens (tertiary/aromatic N) is 5. The molecule has 0 spiro atoms. The zero-order valence-corrected chi connectivity index (χ0v) is 13.4. The molecular formula is C17H18N6O. The van der Waals surface area contributed by atoms with Crippen LogP contribution in [0.2, 0.25) is 0 Å². The number of para-hydroxylation sites is 2. The van der Waals surface area contributed by atoms with Crippen LogP contribution in [-0.2, 0) is 7.05 Å². The van der Waals surface area contributed by atoms with E-state index < -0.39 is 0 Å². The number of hydrogen-bond acceptors (Lipinski definition) is 5. The van der Waals surface area contributed by atoms with Crippen LogP contribution in [0.4, 0.5) is 0 Å². The maximum absolute atomic E-state index is 13.0. The Morgan fingerprint density at radius 1 is 1.25 bits per heavy atom. The van der Waals surface area contributed by atoms with Gasteiger partial charge in [0.2, 0.25) is 0 Å². The molecule has 122 valence electrons. The lowest BCUT2D eigenvalue weighted by Gasteiger charge is -2.35. The van der Waals surface area contributed by atoms with Gasteiger partial charge in [-0.3, -0.25) is 14.5 Å². The highest BCUT2D eigenvalue weighted by molar-refractivity contribution is 5.94. The first-order valence-electron chi connectivity index (χ1n) is 7.94. The quantitative estimate of drug-likeness (QED) is 0.766. The highest BCUT2D eigenvalue weighted by atomic mass is 16.2. The number of benzene rings is 1. The summed E-state index contributed by atoms with van der Waals surface area (Å²) in [5.41, 5.74) is 2.92. The summed E-state index contributed by atoms with van der Waals surface area (Å²) in [6, 6.07) is 7.52. The molecule has 1 aliphatic rings. The fourth-order valence-corrected chi connectivity index (χ4v) is 3.06. The first-order chi connectivity index (χ1) is 11.7. The fourth-order valence-electron chi connectivity index (χ4n) is 3.06. The summed E-state index contributed by atoms with van der Waals surface area (Å²) in [6.45, 7) is 2.11. The minimum absolute atomic E-state index is 0.0479. The van der Waals surface area contributed by atoms with Gasteiger partial charge in [0.15, 0.2) is 0 Å². The minimum Gasteiger partial charge on any atom is -0.328 e. The van der Waals surface area contributed by atoms with Gasteiger partial charge in [0.25, 0.3) is 5.91 Å². The first kappa shape index (κ1) is 14.8. The van der Waals surface area contributed by atoms with Crippen LogP contribution in [0.3, 0.4) is 0 Å². The summed E-state index contributed by atoms with van der Waals surface area (Å²) in [5.74, 6) is -0.0939. The Morgan fingerprint density at radius 3 is 2.88 bits per heavy atom. The number of aryl methyl sites for hydroxylation is 1. The molecule has 7 nitrogen and oxygen atoms in total. The van der Waals surface area contributed by atoms with E-state index >= 15 is 0 Å². The van der Waals surface area contributed by atoms with Crippen molar-refractivity contribution in [3.63, 3.8) is 0 Å². The van der Waals surface area contributed by atoms with Crippen LogP contribution in [0, 0.1) is 0 Å². The van der Waals surface area contributed by atoms with Crippen molar-refractivity contribution in [2.24, 2.45) is 7.05 Å². The lowest BCUT2D eigenvalue weighted by atomic mass is 10.1. The molecule has 24 heavy (non-hydrogen) atoms. The molecule has 1 atom stereocenters. The number of hydrogen-bond donors (Lipinski definition) is 1. The van der Waals surface area contributed by atoms with Gasteiger partial charge in [-0.25, -0.2) is 4.98 Å². The van der Waals surface area contributed by atoms with Gasteiger partial charge in [-0.05, 0) is 12.1 Å². The second-order valence-electron chi connectivity index (χ2n) is 5.91. The van der Waals surface area contributed by atoms with Crippen molar-refractivity contribution in [2.75, 3.05) is 19.6 Å². The van der Waals surface area contributed by atoms with E-state index in [1.165, 1.54) is 0 Å². The van der Waals surface area contributed by atoms with E-state index in [-0.39, 0.29) is 11.9 Å². The Kier molecular flexibility index (Phi) is 3.70. The number of carbonyl (C=O) groups is 1. The molecule has 3 heterocycles. The third-order valence-electron chi connectivity index (χ3n) is 4.28. The second kappa shape index (κ2) is 6.01. The van der Waals surface area contributed by atoms with Crippen LogP contribution in [0.1, 0.15) is 22.1 Å². The highest BCUT2D eigenvalue weighted by Gasteiger charge is 2.30. The molecule has 7 heteroatoms. The molecule has 2 aromatic heterocycles. The summed E-state index contributed by atoms with van der Waals surface area (Å²) < 4.78 is 1.75. The van der Waals surface area contributed by atoms with E-state index in [1.807, 2.05) is 48.6 Å². The molecule has 1 fully saturated rings. The van der Waals surface area contributed by atoms with Crippen LogP contribution in [-0.4, -0.2) is 50.2 Å². The predicted octanol–water partition coefficient (Wildman–Crippen LogP) is 1.15. The number of carbonyl (C=O) groups excluding carboxylic acids is 1. The average Bonchev–Trinajstić information content (AvgIpc) is 3.07. The van der Waals surface area contributed by atoms with Crippen LogP contribution in [0.15, 0.2) is 42.9 Å². The Hall–Kier alpha value is -2.80. The summed E-state index contributed by atoms with van der Waals surface area (Å²) in [4.78, 5) is 23.7. The summed E-state index contributed by atoms with van der Waals surface area (Å²) >= 11 is 0. The molecule has 1 amide bonds. The van der Waals surface area contributed by atoms with Crippen LogP contribution in [0.5, 0.6) is 0 Å². The van der Waals surface area contributed by atoms with Crippen molar-refractivity contribution >= 4 is 16.9 Å². The van der Waals surface area contributed by atoms with E-state index in [0.29, 0.717) is 18.8 Å². The van der Waals surface area contributed by atoms with E-state index in [9.17, 15) is 4.79 Å². The third kappa shape index (κ3) is 2.63. The molecule has 0 radical (unpaired) electrons. The summed E-state index contributed by atoms with van der Waals surface area (Å²) in [6.07, 6.45) is 5.32. The van der Waals surface area contributed by atoms with Gasteiger partial charge in [-0.2, -0.15) is 5.10 Å². The van der Waals surface area contributed by atoms with Crippen molar-refractivity contribution in [1.29, 1.82) is 0 Å².